The van der Waals surface area contributed by atoms with Crippen molar-refractivity contribution >= 4 is 28.5 Å². The number of hydrogen-bond acceptors (Lipinski definition) is 6. The number of para-hydroxylation sites is 1. The molecule has 4 aromatic rings. The Morgan fingerprint density at radius 3 is 2.56 bits per heavy atom. The van der Waals surface area contributed by atoms with Crippen LogP contribution in [0.5, 0.6) is 11.5 Å². The summed E-state index contributed by atoms with van der Waals surface area (Å²) in [4.78, 5) is 27.6. The van der Waals surface area contributed by atoms with Gasteiger partial charge in [0.2, 0.25) is 12.7 Å². The summed E-state index contributed by atoms with van der Waals surface area (Å²) in [6.07, 6.45) is 1.25. The lowest BCUT2D eigenvalue weighted by Crippen LogP contribution is -2.41. The van der Waals surface area contributed by atoms with E-state index in [2.05, 4.69) is 15.6 Å². The predicted octanol–water partition coefficient (Wildman–Crippen LogP) is 3.70. The van der Waals surface area contributed by atoms with Crippen molar-refractivity contribution in [3.05, 3.63) is 77.9 Å². The van der Waals surface area contributed by atoms with Crippen LogP contribution in [0, 0.1) is 5.92 Å². The fourth-order valence-electron chi connectivity index (χ4n) is 4.71. The second-order valence-corrected chi connectivity index (χ2v) is 9.06. The van der Waals surface area contributed by atoms with E-state index in [0.717, 1.165) is 16.6 Å². The number of benzene rings is 3. The normalized spacial score (nSPS) is 15.3. The van der Waals surface area contributed by atoms with Crippen LogP contribution >= 0.6 is 0 Å². The van der Waals surface area contributed by atoms with Gasteiger partial charge in [-0.3, -0.25) is 9.59 Å². The van der Waals surface area contributed by atoms with Crippen LogP contribution in [0.1, 0.15) is 28.8 Å². The van der Waals surface area contributed by atoms with E-state index in [9.17, 15) is 9.59 Å². The smallest absolute Gasteiger partial charge is 0.253 e. The number of nitrogens with one attached hydrogen (secondary N) is 1. The van der Waals surface area contributed by atoms with Gasteiger partial charge in [0.1, 0.15) is 5.52 Å². The van der Waals surface area contributed by atoms with Crippen molar-refractivity contribution in [2.45, 2.75) is 19.4 Å². The van der Waals surface area contributed by atoms with Gasteiger partial charge < -0.3 is 19.7 Å². The van der Waals surface area contributed by atoms with Crippen molar-refractivity contribution in [2.24, 2.45) is 5.92 Å². The number of aromatic nitrogens is 3. The standard InChI is InChI=1S/C27H25N5O4/c33-26(28-21-9-10-24-25(15-21)36-17-35-24)19-11-13-31(14-12-19)27(34)20-7-5-18(6-8-20)16-32-23-4-2-1-3-22(23)29-30-32/h1-10,15,19H,11-14,16-17H2,(H,28,33). The first-order chi connectivity index (χ1) is 17.6. The highest BCUT2D eigenvalue weighted by Gasteiger charge is 2.28. The molecule has 1 aromatic heterocycles. The van der Waals surface area contributed by atoms with Crippen LogP contribution < -0.4 is 14.8 Å². The first-order valence-electron chi connectivity index (χ1n) is 12.0. The van der Waals surface area contributed by atoms with Crippen molar-refractivity contribution in [2.75, 3.05) is 25.2 Å². The molecule has 3 aromatic carbocycles. The lowest BCUT2D eigenvalue weighted by atomic mass is 9.95. The van der Waals surface area contributed by atoms with E-state index in [1.165, 1.54) is 0 Å². The molecule has 0 unspecified atom stereocenters. The third-order valence-electron chi connectivity index (χ3n) is 6.75. The molecule has 0 spiro atoms. The van der Waals surface area contributed by atoms with Gasteiger partial charge in [0.15, 0.2) is 11.5 Å². The molecule has 2 aliphatic heterocycles. The molecule has 1 fully saturated rings. The summed E-state index contributed by atoms with van der Waals surface area (Å²) in [5.74, 6) is 1.13. The number of amides is 2. The van der Waals surface area contributed by atoms with Crippen LogP contribution in [0.3, 0.4) is 0 Å². The molecule has 182 valence electrons. The second kappa shape index (κ2) is 9.33. The third kappa shape index (κ3) is 4.35. The Bertz CT molecular complexity index is 1420. The molecule has 2 amide bonds. The van der Waals surface area contributed by atoms with Gasteiger partial charge in [0.25, 0.3) is 5.91 Å². The number of rotatable bonds is 5. The van der Waals surface area contributed by atoms with E-state index < -0.39 is 0 Å². The molecule has 0 saturated carbocycles. The predicted molar refractivity (Wildman–Crippen MR) is 133 cm³/mol. The molecule has 0 aliphatic carbocycles. The number of anilines is 1. The van der Waals surface area contributed by atoms with Crippen LogP contribution in [-0.2, 0) is 11.3 Å². The molecule has 1 saturated heterocycles. The highest BCUT2D eigenvalue weighted by atomic mass is 16.7. The van der Waals surface area contributed by atoms with Crippen molar-refractivity contribution in [3.8, 4) is 11.5 Å². The lowest BCUT2D eigenvalue weighted by Gasteiger charge is -2.31. The van der Waals surface area contributed by atoms with Crippen LogP contribution in [0.4, 0.5) is 5.69 Å². The Kier molecular flexibility index (Phi) is 5.73. The fourth-order valence-corrected chi connectivity index (χ4v) is 4.71. The summed E-state index contributed by atoms with van der Waals surface area (Å²) >= 11 is 0. The van der Waals surface area contributed by atoms with Gasteiger partial charge in [-0.15, -0.1) is 5.10 Å². The molecule has 0 atom stereocenters. The zero-order valence-corrected chi connectivity index (χ0v) is 19.6. The monoisotopic (exact) mass is 483 g/mol. The molecule has 6 rings (SSSR count). The Labute approximate surface area is 207 Å². The Morgan fingerprint density at radius 2 is 1.72 bits per heavy atom. The average Bonchev–Trinajstić information content (AvgIpc) is 3.56. The van der Waals surface area contributed by atoms with E-state index in [1.807, 2.05) is 58.1 Å². The maximum absolute atomic E-state index is 13.1. The molecule has 2 aliphatic rings. The average molecular weight is 484 g/mol. The van der Waals surface area contributed by atoms with Gasteiger partial charge >= 0.3 is 0 Å². The molecule has 0 radical (unpaired) electrons. The number of carbonyl (C=O) groups is 2. The Balaban J connectivity index is 1.03. The van der Waals surface area contributed by atoms with Gasteiger partial charge in [-0.05, 0) is 54.8 Å². The summed E-state index contributed by atoms with van der Waals surface area (Å²) in [6.45, 7) is 1.87. The fraction of sp³-hybridized carbons (Fsp3) is 0.259. The zero-order valence-electron chi connectivity index (χ0n) is 19.6. The number of fused-ring (bicyclic) bond motifs is 2. The van der Waals surface area contributed by atoms with Gasteiger partial charge in [0, 0.05) is 36.3 Å². The Morgan fingerprint density at radius 1 is 0.944 bits per heavy atom. The van der Waals surface area contributed by atoms with Crippen LogP contribution in [0.2, 0.25) is 0 Å². The molecule has 9 heteroatoms. The molecule has 3 heterocycles. The number of hydrogen-bond donors (Lipinski definition) is 1. The number of piperidine rings is 1. The van der Waals surface area contributed by atoms with Crippen LogP contribution in [-0.4, -0.2) is 51.6 Å². The van der Waals surface area contributed by atoms with Crippen molar-refractivity contribution in [3.63, 3.8) is 0 Å². The molecule has 9 nitrogen and oxygen atoms in total. The van der Waals surface area contributed by atoms with Gasteiger partial charge in [-0.25, -0.2) is 4.68 Å². The molecule has 0 bridgehead atoms. The van der Waals surface area contributed by atoms with E-state index in [4.69, 9.17) is 9.47 Å². The zero-order chi connectivity index (χ0) is 24.5. The number of carbonyl (C=O) groups excluding carboxylic acids is 2. The highest BCUT2D eigenvalue weighted by molar-refractivity contribution is 5.95. The number of ether oxygens (including phenoxy) is 2. The SMILES string of the molecule is O=C(Nc1ccc2c(c1)OCO2)C1CCN(C(=O)c2ccc(Cn3nnc4ccccc43)cc2)CC1. The third-order valence-corrected chi connectivity index (χ3v) is 6.75. The topological polar surface area (TPSA) is 98.6 Å². The van der Waals surface area contributed by atoms with Crippen molar-refractivity contribution < 1.29 is 19.1 Å². The van der Waals surface area contributed by atoms with Crippen molar-refractivity contribution in [1.29, 1.82) is 0 Å². The lowest BCUT2D eigenvalue weighted by molar-refractivity contribution is -0.121. The quantitative estimate of drug-likeness (QED) is 0.465. The minimum absolute atomic E-state index is 0.0117. The maximum Gasteiger partial charge on any atom is 0.253 e. The molecular weight excluding hydrogens is 458 g/mol. The largest absolute Gasteiger partial charge is 0.454 e. The summed E-state index contributed by atoms with van der Waals surface area (Å²) in [5.41, 5.74) is 4.20. The number of nitrogens with zero attached hydrogens (tertiary/aromatic N) is 4. The van der Waals surface area contributed by atoms with Crippen molar-refractivity contribution in [1.82, 2.24) is 19.9 Å². The summed E-state index contributed by atoms with van der Waals surface area (Å²) in [6, 6.07) is 20.8. The summed E-state index contributed by atoms with van der Waals surface area (Å²) < 4.78 is 12.5. The maximum atomic E-state index is 13.1. The van der Waals surface area contributed by atoms with E-state index in [0.29, 0.717) is 55.2 Å². The minimum Gasteiger partial charge on any atom is -0.454 e. The van der Waals surface area contributed by atoms with E-state index in [-0.39, 0.29) is 24.5 Å². The molecule has 1 N–H and O–H groups in total. The summed E-state index contributed by atoms with van der Waals surface area (Å²) in [5, 5.41) is 11.4. The molecule has 36 heavy (non-hydrogen) atoms. The number of likely N-dealkylation sites (tertiary alicyclic amines) is 1. The summed E-state index contributed by atoms with van der Waals surface area (Å²) in [7, 11) is 0. The first-order valence-corrected chi connectivity index (χ1v) is 12.0. The molecular formula is C27H25N5O4. The van der Waals surface area contributed by atoms with Gasteiger partial charge in [-0.2, -0.15) is 0 Å². The second-order valence-electron chi connectivity index (χ2n) is 9.06. The van der Waals surface area contributed by atoms with E-state index in [1.54, 1.807) is 18.2 Å². The van der Waals surface area contributed by atoms with Crippen LogP contribution in [0.25, 0.3) is 11.0 Å². The van der Waals surface area contributed by atoms with Gasteiger partial charge in [-0.1, -0.05) is 29.5 Å². The van der Waals surface area contributed by atoms with E-state index >= 15 is 0 Å². The first kappa shape index (κ1) is 22.1. The van der Waals surface area contributed by atoms with Gasteiger partial charge in [0.05, 0.1) is 12.1 Å². The minimum atomic E-state index is -0.139. The Hall–Kier alpha value is -4.40. The highest BCUT2D eigenvalue weighted by Crippen LogP contribution is 2.34. The van der Waals surface area contributed by atoms with Crippen LogP contribution in [0.15, 0.2) is 66.7 Å².